The maximum atomic E-state index is 12.5. The zero-order chi connectivity index (χ0) is 16.4. The first kappa shape index (κ1) is 15.8. The van der Waals surface area contributed by atoms with Crippen LogP contribution in [0.4, 0.5) is 0 Å². The molecule has 4 rings (SSSR count). The van der Waals surface area contributed by atoms with Gasteiger partial charge in [-0.25, -0.2) is 4.98 Å². The second-order valence-corrected chi connectivity index (χ2v) is 7.87. The van der Waals surface area contributed by atoms with Crippen LogP contribution in [0, 0.1) is 0 Å². The number of hydrogen-bond donors (Lipinski definition) is 1. The van der Waals surface area contributed by atoms with Gasteiger partial charge in [-0.1, -0.05) is 6.42 Å². The van der Waals surface area contributed by atoms with Gasteiger partial charge in [-0.15, -0.1) is 11.3 Å². The molecule has 128 valence electrons. The first-order chi connectivity index (χ1) is 11.8. The molecule has 2 aliphatic rings. The van der Waals surface area contributed by atoms with Gasteiger partial charge in [0, 0.05) is 23.5 Å². The summed E-state index contributed by atoms with van der Waals surface area (Å²) in [6.07, 6.45) is 9.55. The van der Waals surface area contributed by atoms with Gasteiger partial charge in [0.1, 0.15) is 5.76 Å². The van der Waals surface area contributed by atoms with E-state index in [1.54, 1.807) is 6.26 Å². The number of aromatic nitrogens is 1. The summed E-state index contributed by atoms with van der Waals surface area (Å²) >= 11 is 1.83. The number of carbonyl (C=O) groups excluding carboxylic acids is 1. The first-order valence-corrected chi connectivity index (χ1v) is 9.60. The molecule has 1 N–H and O–H groups in total. The molecule has 24 heavy (non-hydrogen) atoms. The minimum Gasteiger partial charge on any atom is -0.467 e. The number of nitrogens with one attached hydrogen (secondary N) is 1. The third kappa shape index (κ3) is 3.39. The maximum absolute atomic E-state index is 12.5. The molecule has 1 atom stereocenters. The molecule has 2 fully saturated rings. The van der Waals surface area contributed by atoms with Crippen molar-refractivity contribution >= 4 is 17.2 Å². The Balaban J connectivity index is 1.33. The Morgan fingerprint density at radius 3 is 3.04 bits per heavy atom. The van der Waals surface area contributed by atoms with Crippen molar-refractivity contribution in [1.29, 1.82) is 0 Å². The highest BCUT2D eigenvalue weighted by Crippen LogP contribution is 2.38. The van der Waals surface area contributed by atoms with Crippen molar-refractivity contribution < 1.29 is 9.21 Å². The highest BCUT2D eigenvalue weighted by Gasteiger charge is 2.31. The van der Waals surface area contributed by atoms with Crippen molar-refractivity contribution in [1.82, 2.24) is 15.2 Å². The largest absolute Gasteiger partial charge is 0.467 e. The van der Waals surface area contributed by atoms with Crippen LogP contribution in [0.5, 0.6) is 0 Å². The van der Waals surface area contributed by atoms with Crippen LogP contribution in [0.15, 0.2) is 29.0 Å². The van der Waals surface area contributed by atoms with E-state index in [9.17, 15) is 4.79 Å². The summed E-state index contributed by atoms with van der Waals surface area (Å²) in [5.74, 6) is 1.59. The summed E-state index contributed by atoms with van der Waals surface area (Å²) in [5.41, 5.74) is 0. The predicted molar refractivity (Wildman–Crippen MR) is 92.7 cm³/mol. The summed E-state index contributed by atoms with van der Waals surface area (Å²) in [7, 11) is 0. The predicted octanol–water partition coefficient (Wildman–Crippen LogP) is 3.28. The van der Waals surface area contributed by atoms with Gasteiger partial charge in [0.2, 0.25) is 5.91 Å². The van der Waals surface area contributed by atoms with Crippen LogP contribution in [0.25, 0.3) is 0 Å². The zero-order valence-corrected chi connectivity index (χ0v) is 14.6. The number of hydrogen-bond acceptors (Lipinski definition) is 5. The summed E-state index contributed by atoms with van der Waals surface area (Å²) < 4.78 is 5.28. The van der Waals surface area contributed by atoms with Crippen LogP contribution >= 0.6 is 11.3 Å². The Hall–Kier alpha value is -1.66. The number of nitrogens with zero attached hydrogens (tertiary/aromatic N) is 2. The quantitative estimate of drug-likeness (QED) is 0.873. The Morgan fingerprint density at radius 2 is 2.29 bits per heavy atom. The Labute approximate surface area is 146 Å². The minimum atomic E-state index is -0.0331. The van der Waals surface area contributed by atoms with E-state index in [0.29, 0.717) is 12.5 Å². The Bertz CT molecular complexity index is 678. The van der Waals surface area contributed by atoms with Crippen LogP contribution in [-0.4, -0.2) is 28.4 Å². The van der Waals surface area contributed by atoms with Gasteiger partial charge in [-0.2, -0.15) is 0 Å². The van der Waals surface area contributed by atoms with Crippen molar-refractivity contribution in [3.63, 3.8) is 0 Å². The lowest BCUT2D eigenvalue weighted by atomic mass is 9.86. The van der Waals surface area contributed by atoms with Crippen molar-refractivity contribution in [2.24, 2.45) is 0 Å². The standard InChI is InChI=1S/C18H23N3O2S/c22-17(19-10-14-6-3-9-23-14)16-7-2-8-21(16)12-15-11-20-18(24-15)13-4-1-5-13/h3,6,9,11,13,16H,1-2,4-5,7-8,10,12H2,(H,19,22). The average Bonchev–Trinajstić information content (AvgIpc) is 3.25. The van der Waals surface area contributed by atoms with E-state index in [1.165, 1.54) is 29.1 Å². The lowest BCUT2D eigenvalue weighted by Gasteiger charge is -2.23. The molecule has 0 aromatic carbocycles. The van der Waals surface area contributed by atoms with Crippen molar-refractivity contribution in [3.05, 3.63) is 40.2 Å². The fraction of sp³-hybridized carbons (Fsp3) is 0.556. The van der Waals surface area contributed by atoms with E-state index in [2.05, 4.69) is 15.2 Å². The molecular formula is C18H23N3O2S. The number of likely N-dealkylation sites (tertiary alicyclic amines) is 1. The molecule has 1 aliphatic heterocycles. The SMILES string of the molecule is O=C(NCc1ccco1)C1CCCN1Cc1cnc(C2CCC2)s1. The molecule has 2 aromatic heterocycles. The maximum Gasteiger partial charge on any atom is 0.237 e. The Morgan fingerprint density at radius 1 is 1.38 bits per heavy atom. The van der Waals surface area contributed by atoms with E-state index < -0.39 is 0 Å². The lowest BCUT2D eigenvalue weighted by molar-refractivity contribution is -0.125. The van der Waals surface area contributed by atoms with E-state index in [1.807, 2.05) is 29.7 Å². The molecule has 3 heterocycles. The van der Waals surface area contributed by atoms with E-state index in [4.69, 9.17) is 4.42 Å². The minimum absolute atomic E-state index is 0.0331. The van der Waals surface area contributed by atoms with Crippen molar-refractivity contribution in [3.8, 4) is 0 Å². The topological polar surface area (TPSA) is 58.4 Å². The smallest absolute Gasteiger partial charge is 0.237 e. The first-order valence-electron chi connectivity index (χ1n) is 8.78. The van der Waals surface area contributed by atoms with Crippen LogP contribution in [-0.2, 0) is 17.9 Å². The highest BCUT2D eigenvalue weighted by molar-refractivity contribution is 7.11. The summed E-state index contributed by atoms with van der Waals surface area (Å²) in [5, 5.41) is 4.28. The van der Waals surface area contributed by atoms with Crippen molar-refractivity contribution in [2.75, 3.05) is 6.54 Å². The normalized spacial score (nSPS) is 21.8. The molecule has 6 heteroatoms. The second kappa shape index (κ2) is 7.07. The third-order valence-corrected chi connectivity index (χ3v) is 6.21. The van der Waals surface area contributed by atoms with Crippen LogP contribution in [0.3, 0.4) is 0 Å². The number of amides is 1. The zero-order valence-electron chi connectivity index (χ0n) is 13.7. The van der Waals surface area contributed by atoms with E-state index >= 15 is 0 Å². The fourth-order valence-electron chi connectivity index (χ4n) is 3.46. The average molecular weight is 345 g/mol. The molecule has 1 saturated carbocycles. The van der Waals surface area contributed by atoms with Gasteiger partial charge in [0.15, 0.2) is 0 Å². The van der Waals surface area contributed by atoms with Crippen LogP contribution in [0.1, 0.15) is 53.7 Å². The molecule has 0 bridgehead atoms. The van der Waals surface area contributed by atoms with Gasteiger partial charge in [-0.05, 0) is 44.4 Å². The van der Waals surface area contributed by atoms with Gasteiger partial charge >= 0.3 is 0 Å². The molecule has 1 saturated heterocycles. The molecule has 1 unspecified atom stereocenters. The second-order valence-electron chi connectivity index (χ2n) is 6.72. The van der Waals surface area contributed by atoms with Gasteiger partial charge in [0.05, 0.1) is 23.9 Å². The fourth-order valence-corrected chi connectivity index (χ4v) is 4.57. The molecular weight excluding hydrogens is 322 g/mol. The van der Waals surface area contributed by atoms with E-state index in [0.717, 1.165) is 31.7 Å². The monoisotopic (exact) mass is 345 g/mol. The summed E-state index contributed by atoms with van der Waals surface area (Å²) in [6, 6.07) is 3.69. The number of thiazole rings is 1. The third-order valence-electron chi connectivity index (χ3n) is 5.07. The molecule has 0 radical (unpaired) electrons. The van der Waals surface area contributed by atoms with Gasteiger partial charge < -0.3 is 9.73 Å². The Kier molecular flexibility index (Phi) is 4.67. The summed E-state index contributed by atoms with van der Waals surface area (Å²) in [4.78, 5) is 20.7. The number of furan rings is 1. The summed E-state index contributed by atoms with van der Waals surface area (Å²) in [6.45, 7) is 2.28. The van der Waals surface area contributed by atoms with E-state index in [-0.39, 0.29) is 11.9 Å². The molecule has 2 aromatic rings. The molecule has 5 nitrogen and oxygen atoms in total. The number of carbonyl (C=O) groups is 1. The molecule has 1 aliphatic carbocycles. The van der Waals surface area contributed by atoms with Gasteiger partial charge in [0.25, 0.3) is 0 Å². The van der Waals surface area contributed by atoms with Crippen molar-refractivity contribution in [2.45, 2.75) is 57.2 Å². The number of rotatable bonds is 6. The van der Waals surface area contributed by atoms with Crippen LogP contribution < -0.4 is 5.32 Å². The highest BCUT2D eigenvalue weighted by atomic mass is 32.1. The van der Waals surface area contributed by atoms with Gasteiger partial charge in [-0.3, -0.25) is 9.69 Å². The molecule has 1 amide bonds. The van der Waals surface area contributed by atoms with Crippen LogP contribution in [0.2, 0.25) is 0 Å². The lowest BCUT2D eigenvalue weighted by Crippen LogP contribution is -2.42. The molecule has 0 spiro atoms.